The van der Waals surface area contributed by atoms with Gasteiger partial charge in [0.1, 0.15) is 5.15 Å². The highest BCUT2D eigenvalue weighted by Gasteiger charge is 2.37. The molecule has 1 amide bonds. The molecular formula is C15H13ClF3N3O. The van der Waals surface area contributed by atoms with Crippen LogP contribution in [0.3, 0.4) is 0 Å². The van der Waals surface area contributed by atoms with E-state index in [0.717, 1.165) is 22.4 Å². The van der Waals surface area contributed by atoms with Crippen molar-refractivity contribution < 1.29 is 18.0 Å². The van der Waals surface area contributed by atoms with Crippen LogP contribution >= 0.6 is 11.6 Å². The molecular weight excluding hydrogens is 331 g/mol. The SMILES string of the molecule is Cc1cccc(NC(=O)C=Cc2c(C(F)(F)F)nn(C)c2Cl)c1. The summed E-state index contributed by atoms with van der Waals surface area (Å²) in [6.07, 6.45) is -2.67. The lowest BCUT2D eigenvalue weighted by molar-refractivity contribution is -0.141. The van der Waals surface area contributed by atoms with Gasteiger partial charge in [0, 0.05) is 24.4 Å². The number of amides is 1. The highest BCUT2D eigenvalue weighted by atomic mass is 35.5. The Balaban J connectivity index is 2.22. The highest BCUT2D eigenvalue weighted by molar-refractivity contribution is 6.31. The topological polar surface area (TPSA) is 46.9 Å². The Labute approximate surface area is 135 Å². The average molecular weight is 344 g/mol. The minimum absolute atomic E-state index is 0.197. The summed E-state index contributed by atoms with van der Waals surface area (Å²) in [4.78, 5) is 11.8. The monoisotopic (exact) mass is 343 g/mol. The van der Waals surface area contributed by atoms with Crippen LogP contribution in [0.25, 0.3) is 6.08 Å². The maximum Gasteiger partial charge on any atom is 0.435 e. The Kier molecular flexibility index (Phi) is 4.79. The summed E-state index contributed by atoms with van der Waals surface area (Å²) in [5.74, 6) is -0.566. The average Bonchev–Trinajstić information content (AvgIpc) is 2.72. The number of alkyl halides is 3. The standard InChI is InChI=1S/C15H13ClF3N3O/c1-9-4-3-5-10(8-9)20-12(23)7-6-11-13(15(17,18)19)21-22(2)14(11)16/h3-8H,1-2H3,(H,20,23). The van der Waals surface area contributed by atoms with Crippen molar-refractivity contribution in [2.45, 2.75) is 13.1 Å². The molecule has 0 saturated carbocycles. The van der Waals surface area contributed by atoms with E-state index in [1.54, 1.807) is 18.2 Å². The van der Waals surface area contributed by atoms with Crippen molar-refractivity contribution in [2.75, 3.05) is 5.32 Å². The largest absolute Gasteiger partial charge is 0.435 e. The van der Waals surface area contributed by atoms with Crippen LogP contribution in [0.5, 0.6) is 0 Å². The van der Waals surface area contributed by atoms with Crippen molar-refractivity contribution in [1.82, 2.24) is 9.78 Å². The van der Waals surface area contributed by atoms with Crippen molar-refractivity contribution in [2.24, 2.45) is 7.05 Å². The number of benzene rings is 1. The molecule has 0 aliphatic rings. The van der Waals surface area contributed by atoms with Gasteiger partial charge in [-0.1, -0.05) is 23.7 Å². The van der Waals surface area contributed by atoms with Gasteiger partial charge in [-0.25, -0.2) is 0 Å². The molecule has 0 unspecified atom stereocenters. The van der Waals surface area contributed by atoms with Crippen molar-refractivity contribution in [3.05, 3.63) is 52.3 Å². The van der Waals surface area contributed by atoms with Crippen LogP contribution in [0.1, 0.15) is 16.8 Å². The van der Waals surface area contributed by atoms with Gasteiger partial charge in [-0.2, -0.15) is 18.3 Å². The van der Waals surface area contributed by atoms with Gasteiger partial charge in [-0.15, -0.1) is 0 Å². The van der Waals surface area contributed by atoms with Crippen LogP contribution in [0.2, 0.25) is 5.15 Å². The van der Waals surface area contributed by atoms with Crippen LogP contribution in [0.15, 0.2) is 30.3 Å². The van der Waals surface area contributed by atoms with E-state index in [1.807, 2.05) is 13.0 Å². The molecule has 0 spiro atoms. The van der Waals surface area contributed by atoms with E-state index >= 15 is 0 Å². The van der Waals surface area contributed by atoms with Crippen molar-refractivity contribution >= 4 is 29.3 Å². The van der Waals surface area contributed by atoms with Gasteiger partial charge >= 0.3 is 6.18 Å². The number of nitrogens with zero attached hydrogens (tertiary/aromatic N) is 2. The minimum atomic E-state index is -4.66. The maximum atomic E-state index is 12.9. The Bertz CT molecular complexity index is 766. The van der Waals surface area contributed by atoms with Gasteiger partial charge in [0.05, 0.1) is 0 Å². The molecule has 122 valence electrons. The number of rotatable bonds is 3. The van der Waals surface area contributed by atoms with E-state index in [1.165, 1.54) is 7.05 Å². The molecule has 0 aliphatic heterocycles. The predicted octanol–water partition coefficient (Wildman–Crippen LogP) is 4.05. The van der Waals surface area contributed by atoms with E-state index in [0.29, 0.717) is 5.69 Å². The first-order valence-corrected chi connectivity index (χ1v) is 6.91. The molecule has 1 aromatic carbocycles. The van der Waals surface area contributed by atoms with E-state index in [-0.39, 0.29) is 10.7 Å². The van der Waals surface area contributed by atoms with Crippen LogP contribution < -0.4 is 5.32 Å². The first-order chi connectivity index (χ1) is 10.7. The molecule has 1 heterocycles. The molecule has 8 heteroatoms. The second kappa shape index (κ2) is 6.45. The molecule has 0 saturated heterocycles. The second-order valence-electron chi connectivity index (χ2n) is 4.87. The Morgan fingerprint density at radius 1 is 1.39 bits per heavy atom. The third-order valence-electron chi connectivity index (χ3n) is 2.97. The molecule has 1 aromatic heterocycles. The van der Waals surface area contributed by atoms with Gasteiger partial charge in [0.25, 0.3) is 0 Å². The van der Waals surface area contributed by atoms with Gasteiger partial charge in [-0.05, 0) is 30.7 Å². The third-order valence-corrected chi connectivity index (χ3v) is 3.42. The smallest absolute Gasteiger partial charge is 0.323 e. The first kappa shape index (κ1) is 17.1. The van der Waals surface area contributed by atoms with Crippen molar-refractivity contribution in [3.63, 3.8) is 0 Å². The van der Waals surface area contributed by atoms with Crippen LogP contribution in [0, 0.1) is 6.92 Å². The quantitative estimate of drug-likeness (QED) is 0.854. The van der Waals surface area contributed by atoms with E-state index in [2.05, 4.69) is 10.4 Å². The molecule has 0 bridgehead atoms. The summed E-state index contributed by atoms with van der Waals surface area (Å²) in [6.45, 7) is 1.86. The Morgan fingerprint density at radius 3 is 2.70 bits per heavy atom. The fourth-order valence-corrected chi connectivity index (χ4v) is 2.13. The summed E-state index contributed by atoms with van der Waals surface area (Å²) >= 11 is 5.80. The summed E-state index contributed by atoms with van der Waals surface area (Å²) in [5.41, 5.74) is 0.0140. The van der Waals surface area contributed by atoms with Gasteiger partial charge in [-0.3, -0.25) is 9.48 Å². The molecule has 2 rings (SSSR count). The molecule has 23 heavy (non-hydrogen) atoms. The number of aromatic nitrogens is 2. The first-order valence-electron chi connectivity index (χ1n) is 6.54. The number of carbonyl (C=O) groups is 1. The lowest BCUT2D eigenvalue weighted by atomic mass is 10.2. The molecule has 0 fully saturated rings. The van der Waals surface area contributed by atoms with E-state index < -0.39 is 17.8 Å². The van der Waals surface area contributed by atoms with Gasteiger partial charge in [0.15, 0.2) is 5.69 Å². The Hall–Kier alpha value is -2.28. The zero-order valence-electron chi connectivity index (χ0n) is 12.3. The number of aryl methyl sites for hydroxylation is 2. The number of halogens is 4. The summed E-state index contributed by atoms with van der Waals surface area (Å²) in [5, 5.41) is 5.69. The van der Waals surface area contributed by atoms with Crippen molar-refractivity contribution in [3.8, 4) is 0 Å². The minimum Gasteiger partial charge on any atom is -0.323 e. The molecule has 0 radical (unpaired) electrons. The van der Waals surface area contributed by atoms with Crippen LogP contribution in [-0.2, 0) is 18.0 Å². The Morgan fingerprint density at radius 2 is 2.09 bits per heavy atom. The predicted molar refractivity (Wildman–Crippen MR) is 82.1 cm³/mol. The number of hydrogen-bond donors (Lipinski definition) is 1. The maximum absolute atomic E-state index is 12.9. The lowest BCUT2D eigenvalue weighted by Crippen LogP contribution is -2.09. The number of hydrogen-bond acceptors (Lipinski definition) is 2. The van der Waals surface area contributed by atoms with E-state index in [4.69, 9.17) is 11.6 Å². The fourth-order valence-electron chi connectivity index (χ4n) is 1.94. The molecule has 0 atom stereocenters. The zero-order chi connectivity index (χ0) is 17.2. The molecule has 4 nitrogen and oxygen atoms in total. The normalized spacial score (nSPS) is 11.9. The van der Waals surface area contributed by atoms with E-state index in [9.17, 15) is 18.0 Å². The number of anilines is 1. The van der Waals surface area contributed by atoms with Gasteiger partial charge in [0.2, 0.25) is 5.91 Å². The van der Waals surface area contributed by atoms with Gasteiger partial charge < -0.3 is 5.32 Å². The molecule has 1 N–H and O–H groups in total. The molecule has 0 aliphatic carbocycles. The lowest BCUT2D eigenvalue weighted by Gasteiger charge is -2.04. The third kappa shape index (κ3) is 4.13. The zero-order valence-corrected chi connectivity index (χ0v) is 13.0. The second-order valence-corrected chi connectivity index (χ2v) is 5.22. The molecule has 2 aromatic rings. The number of carbonyl (C=O) groups excluding carboxylic acids is 1. The van der Waals surface area contributed by atoms with Crippen LogP contribution in [0.4, 0.5) is 18.9 Å². The summed E-state index contributed by atoms with van der Waals surface area (Å²) in [6, 6.07) is 7.03. The summed E-state index contributed by atoms with van der Waals surface area (Å²) < 4.78 is 39.6. The highest BCUT2D eigenvalue weighted by Crippen LogP contribution is 2.34. The van der Waals surface area contributed by atoms with Crippen LogP contribution in [-0.4, -0.2) is 15.7 Å². The van der Waals surface area contributed by atoms with Crippen molar-refractivity contribution in [1.29, 1.82) is 0 Å². The fraction of sp³-hybridized carbons (Fsp3) is 0.200. The summed E-state index contributed by atoms with van der Waals surface area (Å²) in [7, 11) is 1.29. The number of nitrogens with one attached hydrogen (secondary N) is 1.